The first-order valence-electron chi connectivity index (χ1n) is 8.55. The number of nitrogens with one attached hydrogen (secondary N) is 1. The highest BCUT2D eigenvalue weighted by Crippen LogP contribution is 2.33. The Morgan fingerprint density at radius 2 is 1.71 bits per heavy atom. The largest absolute Gasteiger partial charge is 0.446 e. The van der Waals surface area contributed by atoms with Crippen molar-refractivity contribution in [2.75, 3.05) is 0 Å². The van der Waals surface area contributed by atoms with Gasteiger partial charge >= 0.3 is 5.97 Å². The monoisotopic (exact) mass is 448 g/mol. The lowest BCUT2D eigenvalue weighted by Crippen LogP contribution is -2.40. The molecule has 0 aliphatic carbocycles. The predicted octanol–water partition coefficient (Wildman–Crippen LogP) is 4.04. The van der Waals surface area contributed by atoms with Crippen molar-refractivity contribution in [3.05, 3.63) is 79.8 Å². The number of esters is 1. The lowest BCUT2D eigenvalue weighted by molar-refractivity contribution is -0.574. The zero-order valence-corrected chi connectivity index (χ0v) is 17.4. The molecule has 2 rings (SSSR count). The second kappa shape index (κ2) is 8.97. The van der Waals surface area contributed by atoms with Crippen LogP contribution in [-0.4, -0.2) is 22.3 Å². The fraction of sp³-hybridized carbons (Fsp3) is 0.300. The number of benzene rings is 2. The third-order valence-corrected chi connectivity index (χ3v) is 4.77. The summed E-state index contributed by atoms with van der Waals surface area (Å²) in [6.07, 6.45) is -1.07. The topological polar surface area (TPSA) is 98.5 Å². The number of carbonyl (C=O) groups excluding carboxylic acids is 2. The minimum atomic E-state index is -1.52. The number of nitro groups is 1. The zero-order valence-electron chi connectivity index (χ0n) is 15.8. The van der Waals surface area contributed by atoms with Crippen LogP contribution in [0.3, 0.4) is 0 Å². The molecule has 0 aromatic heterocycles. The van der Waals surface area contributed by atoms with Gasteiger partial charge in [-0.1, -0.05) is 40.2 Å². The molecule has 0 fully saturated rings. The maximum absolute atomic E-state index is 12.6. The molecule has 2 aromatic carbocycles. The summed E-state index contributed by atoms with van der Waals surface area (Å²) in [6, 6.07) is 13.4. The van der Waals surface area contributed by atoms with Gasteiger partial charge in [0.15, 0.2) is 6.10 Å². The summed E-state index contributed by atoms with van der Waals surface area (Å²) >= 11 is 3.32. The molecule has 0 heterocycles. The summed E-state index contributed by atoms with van der Waals surface area (Å²) in [5.41, 5.74) is 0.102. The highest BCUT2D eigenvalue weighted by molar-refractivity contribution is 9.10. The van der Waals surface area contributed by atoms with Crippen LogP contribution < -0.4 is 5.32 Å². The Kier molecular flexibility index (Phi) is 6.90. The zero-order chi connectivity index (χ0) is 20.9. The molecule has 28 heavy (non-hydrogen) atoms. The first-order chi connectivity index (χ1) is 13.1. The number of amides is 1. The maximum Gasteiger partial charge on any atom is 0.339 e. The minimum Gasteiger partial charge on any atom is -0.446 e. The molecule has 0 aliphatic rings. The van der Waals surface area contributed by atoms with Gasteiger partial charge in [0.25, 0.3) is 5.54 Å². The van der Waals surface area contributed by atoms with Crippen molar-refractivity contribution < 1.29 is 19.2 Å². The Morgan fingerprint density at radius 1 is 1.14 bits per heavy atom. The van der Waals surface area contributed by atoms with Gasteiger partial charge in [-0.05, 0) is 35.4 Å². The van der Waals surface area contributed by atoms with Gasteiger partial charge in [0.2, 0.25) is 5.91 Å². The molecule has 1 atom stereocenters. The fourth-order valence-electron chi connectivity index (χ4n) is 2.51. The van der Waals surface area contributed by atoms with Crippen LogP contribution in [0.2, 0.25) is 0 Å². The lowest BCUT2D eigenvalue weighted by Gasteiger charge is -2.27. The molecule has 1 N–H and O–H groups in total. The van der Waals surface area contributed by atoms with Crippen LogP contribution in [0.25, 0.3) is 0 Å². The van der Waals surface area contributed by atoms with Crippen LogP contribution in [0, 0.1) is 10.1 Å². The molecular weight excluding hydrogens is 428 g/mol. The Balaban J connectivity index is 2.23. The van der Waals surface area contributed by atoms with Crippen molar-refractivity contribution in [1.29, 1.82) is 0 Å². The van der Waals surface area contributed by atoms with E-state index in [1.165, 1.54) is 20.8 Å². The lowest BCUT2D eigenvalue weighted by atomic mass is 9.91. The Labute approximate surface area is 171 Å². The van der Waals surface area contributed by atoms with Gasteiger partial charge in [0.1, 0.15) is 0 Å². The highest BCUT2D eigenvalue weighted by atomic mass is 79.9. The number of nitrogens with zero attached hydrogens (tertiary/aromatic N) is 1. The van der Waals surface area contributed by atoms with E-state index in [9.17, 15) is 19.7 Å². The highest BCUT2D eigenvalue weighted by Gasteiger charge is 2.45. The first kappa shape index (κ1) is 21.6. The third-order valence-electron chi connectivity index (χ3n) is 4.24. The Bertz CT molecular complexity index is 863. The standard InChI is InChI=1S/C20H21BrN2O5/c1-13(24)22-12-14-4-6-16(7-5-14)19(25)28-18(20(2,3)23(26)27)15-8-10-17(21)11-9-15/h4-11,18H,12H2,1-3H3,(H,22,24). The molecule has 8 heteroatoms. The molecule has 0 aliphatic heterocycles. The van der Waals surface area contributed by atoms with Gasteiger partial charge in [0, 0.05) is 36.7 Å². The first-order valence-corrected chi connectivity index (χ1v) is 9.35. The molecule has 1 unspecified atom stereocenters. The molecule has 148 valence electrons. The fourth-order valence-corrected chi connectivity index (χ4v) is 2.78. The molecule has 0 radical (unpaired) electrons. The Morgan fingerprint density at radius 3 is 2.21 bits per heavy atom. The van der Waals surface area contributed by atoms with Crippen molar-refractivity contribution in [3.8, 4) is 0 Å². The van der Waals surface area contributed by atoms with E-state index in [4.69, 9.17) is 4.74 Å². The number of hydrogen-bond acceptors (Lipinski definition) is 5. The van der Waals surface area contributed by atoms with Gasteiger partial charge < -0.3 is 10.1 Å². The van der Waals surface area contributed by atoms with E-state index in [0.717, 1.165) is 10.0 Å². The summed E-state index contributed by atoms with van der Waals surface area (Å²) in [7, 11) is 0. The van der Waals surface area contributed by atoms with E-state index in [1.807, 2.05) is 0 Å². The Hall–Kier alpha value is -2.74. The van der Waals surface area contributed by atoms with Gasteiger partial charge in [-0.2, -0.15) is 0 Å². The van der Waals surface area contributed by atoms with E-state index < -0.39 is 22.5 Å². The van der Waals surface area contributed by atoms with Crippen LogP contribution >= 0.6 is 15.9 Å². The number of ether oxygens (including phenoxy) is 1. The number of rotatable bonds is 7. The summed E-state index contributed by atoms with van der Waals surface area (Å²) in [6.45, 7) is 4.61. The second-order valence-electron chi connectivity index (χ2n) is 6.85. The average Bonchev–Trinajstić information content (AvgIpc) is 2.65. The van der Waals surface area contributed by atoms with E-state index in [-0.39, 0.29) is 11.5 Å². The molecule has 1 amide bonds. The molecule has 0 spiro atoms. The van der Waals surface area contributed by atoms with Crippen LogP contribution in [0.1, 0.15) is 48.4 Å². The van der Waals surface area contributed by atoms with Gasteiger partial charge in [-0.3, -0.25) is 14.9 Å². The van der Waals surface area contributed by atoms with Gasteiger partial charge in [-0.25, -0.2) is 4.79 Å². The smallest absolute Gasteiger partial charge is 0.339 e. The molecule has 0 bridgehead atoms. The number of halogens is 1. The number of carbonyl (C=O) groups is 2. The summed E-state index contributed by atoms with van der Waals surface area (Å²) in [4.78, 5) is 34.7. The van der Waals surface area contributed by atoms with Crippen molar-refractivity contribution >= 4 is 27.8 Å². The second-order valence-corrected chi connectivity index (χ2v) is 7.77. The normalized spacial score (nSPS) is 12.1. The van der Waals surface area contributed by atoms with E-state index >= 15 is 0 Å². The third kappa shape index (κ3) is 5.39. The van der Waals surface area contributed by atoms with Crippen molar-refractivity contribution in [1.82, 2.24) is 5.32 Å². The van der Waals surface area contributed by atoms with Gasteiger partial charge in [0.05, 0.1) is 5.56 Å². The molecule has 0 saturated carbocycles. The van der Waals surface area contributed by atoms with Crippen molar-refractivity contribution in [2.45, 2.75) is 39.0 Å². The molecule has 2 aromatic rings. The van der Waals surface area contributed by atoms with E-state index in [0.29, 0.717) is 12.1 Å². The molecule has 7 nitrogen and oxygen atoms in total. The average molecular weight is 449 g/mol. The quantitative estimate of drug-likeness (QED) is 0.391. The summed E-state index contributed by atoms with van der Waals surface area (Å²) in [5, 5.41) is 14.2. The SMILES string of the molecule is CC(=O)NCc1ccc(C(=O)OC(c2ccc(Br)cc2)C(C)(C)[N+](=O)[O-])cc1. The summed E-state index contributed by atoms with van der Waals surface area (Å²) < 4.78 is 6.38. The van der Waals surface area contributed by atoms with Crippen molar-refractivity contribution in [2.24, 2.45) is 0 Å². The van der Waals surface area contributed by atoms with Crippen molar-refractivity contribution in [3.63, 3.8) is 0 Å². The number of hydrogen-bond donors (Lipinski definition) is 1. The van der Waals surface area contributed by atoms with Crippen LogP contribution in [0.15, 0.2) is 53.0 Å². The van der Waals surface area contributed by atoms with Gasteiger partial charge in [-0.15, -0.1) is 0 Å². The van der Waals surface area contributed by atoms with Crippen LogP contribution in [0.5, 0.6) is 0 Å². The van der Waals surface area contributed by atoms with Crippen LogP contribution in [-0.2, 0) is 16.1 Å². The summed E-state index contributed by atoms with van der Waals surface area (Å²) in [5.74, 6) is -0.809. The molecule has 0 saturated heterocycles. The van der Waals surface area contributed by atoms with E-state index in [2.05, 4.69) is 21.2 Å². The predicted molar refractivity (Wildman–Crippen MR) is 107 cm³/mol. The van der Waals surface area contributed by atoms with E-state index in [1.54, 1.807) is 48.5 Å². The molecular formula is C20H21BrN2O5. The van der Waals surface area contributed by atoms with Crippen LogP contribution in [0.4, 0.5) is 0 Å². The maximum atomic E-state index is 12.6. The minimum absolute atomic E-state index is 0.150.